The van der Waals surface area contributed by atoms with Gasteiger partial charge in [0, 0.05) is 12.6 Å². The van der Waals surface area contributed by atoms with Crippen molar-refractivity contribution in [2.75, 3.05) is 26.2 Å². The second-order valence-corrected chi connectivity index (χ2v) is 6.57. The molecule has 2 nitrogen and oxygen atoms in total. The van der Waals surface area contributed by atoms with Crippen molar-refractivity contribution in [1.82, 2.24) is 10.2 Å². The number of hydrogen-bond acceptors (Lipinski definition) is 2. The Morgan fingerprint density at radius 2 is 1.72 bits per heavy atom. The molecule has 0 radical (unpaired) electrons. The zero-order chi connectivity index (χ0) is 12.8. The molecule has 1 unspecified atom stereocenters. The van der Waals surface area contributed by atoms with Crippen LogP contribution in [-0.4, -0.2) is 37.1 Å². The first-order chi connectivity index (χ1) is 8.78. The molecule has 2 rings (SSSR count). The molecule has 1 saturated carbocycles. The van der Waals surface area contributed by atoms with Crippen LogP contribution in [0.3, 0.4) is 0 Å². The maximum atomic E-state index is 3.69. The molecule has 2 aliphatic rings. The van der Waals surface area contributed by atoms with Crippen LogP contribution in [0.4, 0.5) is 0 Å². The molecule has 0 aromatic rings. The predicted octanol–water partition coefficient (Wildman–Crippen LogP) is 3.42. The van der Waals surface area contributed by atoms with Crippen molar-refractivity contribution in [1.29, 1.82) is 0 Å². The van der Waals surface area contributed by atoms with E-state index in [9.17, 15) is 0 Å². The van der Waals surface area contributed by atoms with Crippen molar-refractivity contribution >= 4 is 0 Å². The molecule has 0 amide bonds. The van der Waals surface area contributed by atoms with E-state index in [2.05, 4.69) is 24.1 Å². The van der Waals surface area contributed by atoms with Crippen molar-refractivity contribution in [2.45, 2.75) is 71.3 Å². The molecule has 0 bridgehead atoms. The van der Waals surface area contributed by atoms with Crippen LogP contribution in [0.1, 0.15) is 65.2 Å². The lowest BCUT2D eigenvalue weighted by molar-refractivity contribution is 0.0999. The lowest BCUT2D eigenvalue weighted by Gasteiger charge is -2.40. The first kappa shape index (κ1) is 14.3. The fourth-order valence-corrected chi connectivity index (χ4v) is 3.83. The molecule has 106 valence electrons. The Labute approximate surface area is 114 Å². The van der Waals surface area contributed by atoms with E-state index >= 15 is 0 Å². The minimum atomic E-state index is 0.711. The standard InChI is InChI=1S/C16H32N2/c1-3-11-17-15(4-2)14-18-12-9-16(10-13-18)7-5-6-8-16/h15,17H,3-14H2,1-2H3. The fourth-order valence-electron chi connectivity index (χ4n) is 3.83. The molecule has 18 heavy (non-hydrogen) atoms. The van der Waals surface area contributed by atoms with Crippen LogP contribution in [-0.2, 0) is 0 Å². The van der Waals surface area contributed by atoms with Gasteiger partial charge in [0.1, 0.15) is 0 Å². The van der Waals surface area contributed by atoms with E-state index in [1.807, 2.05) is 0 Å². The Kier molecular flexibility index (Phi) is 5.50. The number of likely N-dealkylation sites (tertiary alicyclic amines) is 1. The summed E-state index contributed by atoms with van der Waals surface area (Å²) in [6.45, 7) is 9.72. The van der Waals surface area contributed by atoms with Gasteiger partial charge in [-0.15, -0.1) is 0 Å². The van der Waals surface area contributed by atoms with Crippen LogP contribution >= 0.6 is 0 Å². The lowest BCUT2D eigenvalue weighted by atomic mass is 9.77. The number of hydrogen-bond donors (Lipinski definition) is 1. The van der Waals surface area contributed by atoms with Crippen LogP contribution in [0.5, 0.6) is 0 Å². The van der Waals surface area contributed by atoms with E-state index in [4.69, 9.17) is 0 Å². The van der Waals surface area contributed by atoms with E-state index in [0.29, 0.717) is 6.04 Å². The van der Waals surface area contributed by atoms with Crippen LogP contribution < -0.4 is 5.32 Å². The minimum absolute atomic E-state index is 0.711. The summed E-state index contributed by atoms with van der Waals surface area (Å²) in [5.41, 5.74) is 0.773. The van der Waals surface area contributed by atoms with Gasteiger partial charge in [-0.3, -0.25) is 0 Å². The molecule has 1 atom stereocenters. The smallest absolute Gasteiger partial charge is 0.0192 e. The Morgan fingerprint density at radius 1 is 1.06 bits per heavy atom. The predicted molar refractivity (Wildman–Crippen MR) is 78.9 cm³/mol. The summed E-state index contributed by atoms with van der Waals surface area (Å²) in [6.07, 6.45) is 11.5. The number of nitrogens with zero attached hydrogens (tertiary/aromatic N) is 1. The SMILES string of the molecule is CCCNC(CC)CN1CCC2(CCCC2)CC1. The number of piperidine rings is 1. The monoisotopic (exact) mass is 252 g/mol. The Morgan fingerprint density at radius 3 is 2.28 bits per heavy atom. The number of nitrogens with one attached hydrogen (secondary N) is 1. The van der Waals surface area contributed by atoms with Crippen LogP contribution in [0, 0.1) is 5.41 Å². The van der Waals surface area contributed by atoms with Crippen molar-refractivity contribution in [3.8, 4) is 0 Å². The molecule has 0 aromatic heterocycles. The van der Waals surface area contributed by atoms with Gasteiger partial charge < -0.3 is 10.2 Å². The Balaban J connectivity index is 1.71. The highest BCUT2D eigenvalue weighted by Gasteiger charge is 2.36. The average molecular weight is 252 g/mol. The van der Waals surface area contributed by atoms with Gasteiger partial charge in [-0.2, -0.15) is 0 Å². The molecule has 1 heterocycles. The molecule has 1 aliphatic heterocycles. The highest BCUT2D eigenvalue weighted by molar-refractivity contribution is 4.90. The zero-order valence-electron chi connectivity index (χ0n) is 12.5. The van der Waals surface area contributed by atoms with Crippen molar-refractivity contribution in [3.63, 3.8) is 0 Å². The third-order valence-electron chi connectivity index (χ3n) is 5.24. The van der Waals surface area contributed by atoms with Gasteiger partial charge in [0.25, 0.3) is 0 Å². The maximum Gasteiger partial charge on any atom is 0.0192 e. The molecule has 1 N–H and O–H groups in total. The quantitative estimate of drug-likeness (QED) is 0.779. The molecular formula is C16H32N2. The van der Waals surface area contributed by atoms with Gasteiger partial charge in [0.15, 0.2) is 0 Å². The first-order valence-corrected chi connectivity index (χ1v) is 8.24. The highest BCUT2D eigenvalue weighted by atomic mass is 15.2. The van der Waals surface area contributed by atoms with Crippen LogP contribution in [0.2, 0.25) is 0 Å². The Hall–Kier alpha value is -0.0800. The molecule has 1 aliphatic carbocycles. The van der Waals surface area contributed by atoms with Gasteiger partial charge in [-0.05, 0) is 63.6 Å². The summed E-state index contributed by atoms with van der Waals surface area (Å²) in [7, 11) is 0. The van der Waals surface area contributed by atoms with Crippen LogP contribution in [0.15, 0.2) is 0 Å². The van der Waals surface area contributed by atoms with E-state index in [1.54, 1.807) is 0 Å². The summed E-state index contributed by atoms with van der Waals surface area (Å²) in [5.74, 6) is 0. The average Bonchev–Trinajstić information content (AvgIpc) is 2.85. The second-order valence-electron chi connectivity index (χ2n) is 6.57. The third kappa shape index (κ3) is 3.71. The number of rotatable bonds is 6. The van der Waals surface area contributed by atoms with E-state index < -0.39 is 0 Å². The van der Waals surface area contributed by atoms with E-state index in [0.717, 1.165) is 5.41 Å². The van der Waals surface area contributed by atoms with Gasteiger partial charge in [-0.1, -0.05) is 26.7 Å². The first-order valence-electron chi connectivity index (χ1n) is 8.24. The molecule has 1 spiro atoms. The van der Waals surface area contributed by atoms with Crippen molar-refractivity contribution in [2.24, 2.45) is 5.41 Å². The van der Waals surface area contributed by atoms with Gasteiger partial charge in [0.2, 0.25) is 0 Å². The van der Waals surface area contributed by atoms with Crippen LogP contribution in [0.25, 0.3) is 0 Å². The van der Waals surface area contributed by atoms with E-state index in [-0.39, 0.29) is 0 Å². The highest BCUT2D eigenvalue weighted by Crippen LogP contribution is 2.46. The topological polar surface area (TPSA) is 15.3 Å². The fraction of sp³-hybridized carbons (Fsp3) is 1.00. The molecule has 2 heteroatoms. The normalized spacial score (nSPS) is 25.7. The summed E-state index contributed by atoms with van der Waals surface area (Å²) < 4.78 is 0. The largest absolute Gasteiger partial charge is 0.313 e. The Bertz CT molecular complexity index is 223. The lowest BCUT2D eigenvalue weighted by Crippen LogP contribution is -2.46. The van der Waals surface area contributed by atoms with E-state index in [1.165, 1.54) is 77.5 Å². The second kappa shape index (κ2) is 6.91. The minimum Gasteiger partial charge on any atom is -0.313 e. The van der Waals surface area contributed by atoms with Gasteiger partial charge >= 0.3 is 0 Å². The maximum absolute atomic E-state index is 3.69. The summed E-state index contributed by atoms with van der Waals surface area (Å²) >= 11 is 0. The summed E-state index contributed by atoms with van der Waals surface area (Å²) in [5, 5.41) is 3.69. The molecular weight excluding hydrogens is 220 g/mol. The summed E-state index contributed by atoms with van der Waals surface area (Å²) in [4.78, 5) is 2.71. The zero-order valence-corrected chi connectivity index (χ0v) is 12.5. The third-order valence-corrected chi connectivity index (χ3v) is 5.24. The molecule has 1 saturated heterocycles. The van der Waals surface area contributed by atoms with Gasteiger partial charge in [-0.25, -0.2) is 0 Å². The molecule has 2 fully saturated rings. The molecule has 0 aromatic carbocycles. The van der Waals surface area contributed by atoms with Crippen molar-refractivity contribution in [3.05, 3.63) is 0 Å². The van der Waals surface area contributed by atoms with Crippen molar-refractivity contribution < 1.29 is 0 Å². The summed E-state index contributed by atoms with van der Waals surface area (Å²) in [6, 6.07) is 0.711. The van der Waals surface area contributed by atoms with Gasteiger partial charge in [0.05, 0.1) is 0 Å².